The van der Waals surface area contributed by atoms with Crippen LogP contribution in [0.2, 0.25) is 0 Å². The van der Waals surface area contributed by atoms with E-state index < -0.39 is 6.10 Å². The average Bonchev–Trinajstić information content (AvgIpc) is 3.14. The fourth-order valence-electron chi connectivity index (χ4n) is 3.63. The van der Waals surface area contributed by atoms with Crippen molar-refractivity contribution in [2.75, 3.05) is 25.4 Å². The third kappa shape index (κ3) is 4.21. The molecule has 144 valence electrons. The second-order valence-corrected chi connectivity index (χ2v) is 8.23. The van der Waals surface area contributed by atoms with E-state index in [0.29, 0.717) is 46.8 Å². The third-order valence-corrected chi connectivity index (χ3v) is 5.55. The number of piperidine rings is 1. The van der Waals surface area contributed by atoms with E-state index in [1.165, 1.54) is 18.2 Å². The van der Waals surface area contributed by atoms with Gasteiger partial charge in [-0.25, -0.2) is 0 Å². The first-order chi connectivity index (χ1) is 13.1. The van der Waals surface area contributed by atoms with Gasteiger partial charge in [0.05, 0.1) is 5.75 Å². The fourth-order valence-corrected chi connectivity index (χ4v) is 4.30. The molecule has 1 aromatic carbocycles. The first kappa shape index (κ1) is 18.2. The van der Waals surface area contributed by atoms with Crippen LogP contribution in [0.25, 0.3) is 0 Å². The van der Waals surface area contributed by atoms with Crippen LogP contribution in [0.3, 0.4) is 0 Å². The Morgan fingerprint density at radius 2 is 1.93 bits per heavy atom. The van der Waals surface area contributed by atoms with Crippen molar-refractivity contribution in [2.45, 2.75) is 31.6 Å². The molecule has 1 fully saturated rings. The zero-order valence-electron chi connectivity index (χ0n) is 15.5. The molecular weight excluding hydrogens is 366 g/mol. The minimum absolute atomic E-state index is 0.115. The van der Waals surface area contributed by atoms with Gasteiger partial charge in [-0.1, -0.05) is 37.7 Å². The summed E-state index contributed by atoms with van der Waals surface area (Å²) in [6.45, 7) is 6.35. The highest BCUT2D eigenvalue weighted by molar-refractivity contribution is 7.99. The number of benzene rings is 1. The Labute approximate surface area is 162 Å². The van der Waals surface area contributed by atoms with Crippen molar-refractivity contribution in [1.29, 1.82) is 0 Å². The number of likely N-dealkylation sites (tertiary alicyclic amines) is 1. The lowest BCUT2D eigenvalue weighted by atomic mass is 9.92. The van der Waals surface area contributed by atoms with E-state index in [9.17, 15) is 4.79 Å². The average molecular weight is 389 g/mol. The normalized spacial score (nSPS) is 24.7. The second kappa shape index (κ2) is 7.80. The monoisotopic (exact) mass is 389 g/mol. The molecule has 1 amide bonds. The molecule has 27 heavy (non-hydrogen) atoms. The molecule has 3 heterocycles. The Morgan fingerprint density at radius 1 is 1.19 bits per heavy atom. The maximum atomic E-state index is 12.5. The number of hydrogen-bond donors (Lipinski definition) is 0. The summed E-state index contributed by atoms with van der Waals surface area (Å²) in [5, 5.41) is 8.47. The van der Waals surface area contributed by atoms with Gasteiger partial charge < -0.3 is 18.8 Å². The van der Waals surface area contributed by atoms with Crippen molar-refractivity contribution in [1.82, 2.24) is 15.1 Å². The molecular formula is C19H23N3O4S. The number of fused-ring (bicyclic) bond motifs is 1. The molecule has 0 bridgehead atoms. The molecule has 2 aliphatic rings. The van der Waals surface area contributed by atoms with Crippen LogP contribution in [-0.2, 0) is 4.79 Å². The highest BCUT2D eigenvalue weighted by Crippen LogP contribution is 2.36. The number of aromatic nitrogens is 2. The van der Waals surface area contributed by atoms with Crippen molar-refractivity contribution < 1.29 is 18.7 Å². The van der Waals surface area contributed by atoms with E-state index in [2.05, 4.69) is 24.0 Å². The van der Waals surface area contributed by atoms with E-state index in [4.69, 9.17) is 13.9 Å². The SMILES string of the molecule is CC1CC(C)CN(C(=O)CSc2nnc(C3COc4ccccc4O3)o2)C1. The number of amides is 1. The predicted molar refractivity (Wildman–Crippen MR) is 99.9 cm³/mol. The van der Waals surface area contributed by atoms with Crippen LogP contribution in [0.4, 0.5) is 0 Å². The number of carbonyl (C=O) groups excluding carboxylic acids is 1. The van der Waals surface area contributed by atoms with Crippen LogP contribution in [0.1, 0.15) is 32.3 Å². The van der Waals surface area contributed by atoms with Gasteiger partial charge in [0, 0.05) is 13.1 Å². The van der Waals surface area contributed by atoms with Crippen molar-refractivity contribution in [2.24, 2.45) is 11.8 Å². The van der Waals surface area contributed by atoms with Crippen LogP contribution >= 0.6 is 11.8 Å². The molecule has 3 unspecified atom stereocenters. The summed E-state index contributed by atoms with van der Waals surface area (Å²) in [5.41, 5.74) is 0. The number of para-hydroxylation sites is 2. The number of thioether (sulfide) groups is 1. The molecule has 2 aromatic rings. The quantitative estimate of drug-likeness (QED) is 0.743. The predicted octanol–water partition coefficient (Wildman–Crippen LogP) is 3.18. The van der Waals surface area contributed by atoms with Crippen molar-refractivity contribution in [3.05, 3.63) is 30.2 Å². The van der Waals surface area contributed by atoms with Gasteiger partial charge in [0.25, 0.3) is 11.1 Å². The van der Waals surface area contributed by atoms with Gasteiger partial charge in [0.2, 0.25) is 12.0 Å². The molecule has 0 spiro atoms. The number of hydrogen-bond acceptors (Lipinski definition) is 7. The van der Waals surface area contributed by atoms with E-state index in [1.807, 2.05) is 29.2 Å². The minimum atomic E-state index is -0.443. The largest absolute Gasteiger partial charge is 0.485 e. The van der Waals surface area contributed by atoms with Crippen LogP contribution in [-0.4, -0.2) is 46.5 Å². The zero-order valence-corrected chi connectivity index (χ0v) is 16.3. The number of nitrogens with zero attached hydrogens (tertiary/aromatic N) is 3. The zero-order chi connectivity index (χ0) is 18.8. The smallest absolute Gasteiger partial charge is 0.277 e. The molecule has 0 saturated carbocycles. The molecule has 0 aliphatic carbocycles. The van der Waals surface area contributed by atoms with E-state index in [0.717, 1.165) is 13.1 Å². The van der Waals surface area contributed by atoms with Crippen LogP contribution in [0.5, 0.6) is 11.5 Å². The maximum Gasteiger partial charge on any atom is 0.277 e. The van der Waals surface area contributed by atoms with Crippen molar-refractivity contribution in [3.63, 3.8) is 0 Å². The third-order valence-electron chi connectivity index (χ3n) is 4.75. The van der Waals surface area contributed by atoms with Gasteiger partial charge in [-0.3, -0.25) is 4.79 Å². The highest BCUT2D eigenvalue weighted by atomic mass is 32.2. The van der Waals surface area contributed by atoms with Gasteiger partial charge in [-0.05, 0) is 30.4 Å². The van der Waals surface area contributed by atoms with Gasteiger partial charge in [0.15, 0.2) is 11.5 Å². The molecule has 8 heteroatoms. The molecule has 7 nitrogen and oxygen atoms in total. The first-order valence-corrected chi connectivity index (χ1v) is 10.2. The maximum absolute atomic E-state index is 12.5. The lowest BCUT2D eigenvalue weighted by Crippen LogP contribution is -2.43. The fraction of sp³-hybridized carbons (Fsp3) is 0.526. The number of ether oxygens (including phenoxy) is 2. The minimum Gasteiger partial charge on any atom is -0.485 e. The Balaban J connectivity index is 1.33. The van der Waals surface area contributed by atoms with Crippen molar-refractivity contribution >= 4 is 17.7 Å². The standard InChI is InChI=1S/C19H23N3O4S/c1-12-7-13(2)9-22(8-12)17(23)11-27-19-21-20-18(26-19)16-10-24-14-5-3-4-6-15(14)25-16/h3-6,12-13,16H,7-11H2,1-2H3. The topological polar surface area (TPSA) is 77.7 Å². The number of carbonyl (C=O) groups is 1. The summed E-state index contributed by atoms with van der Waals surface area (Å²) in [6, 6.07) is 7.47. The van der Waals surface area contributed by atoms with Crippen LogP contribution < -0.4 is 9.47 Å². The number of rotatable bonds is 4. The summed E-state index contributed by atoms with van der Waals surface area (Å²) in [7, 11) is 0. The summed E-state index contributed by atoms with van der Waals surface area (Å²) in [4.78, 5) is 14.4. The first-order valence-electron chi connectivity index (χ1n) is 9.21. The second-order valence-electron chi connectivity index (χ2n) is 7.30. The summed E-state index contributed by atoms with van der Waals surface area (Å²) < 4.78 is 17.2. The van der Waals surface area contributed by atoms with Gasteiger partial charge in [-0.2, -0.15) is 0 Å². The Kier molecular flexibility index (Phi) is 5.24. The summed E-state index contributed by atoms with van der Waals surface area (Å²) in [5.74, 6) is 3.23. The van der Waals surface area contributed by atoms with E-state index in [-0.39, 0.29) is 5.91 Å². The van der Waals surface area contributed by atoms with Gasteiger partial charge >= 0.3 is 0 Å². The molecule has 1 saturated heterocycles. The van der Waals surface area contributed by atoms with Crippen molar-refractivity contribution in [3.8, 4) is 11.5 Å². The van der Waals surface area contributed by atoms with E-state index >= 15 is 0 Å². The lowest BCUT2D eigenvalue weighted by Gasteiger charge is -2.34. The van der Waals surface area contributed by atoms with E-state index in [1.54, 1.807) is 0 Å². The summed E-state index contributed by atoms with van der Waals surface area (Å²) >= 11 is 1.27. The summed E-state index contributed by atoms with van der Waals surface area (Å²) in [6.07, 6.45) is 0.734. The van der Waals surface area contributed by atoms with Gasteiger partial charge in [0.1, 0.15) is 6.61 Å². The molecule has 0 radical (unpaired) electrons. The molecule has 3 atom stereocenters. The van der Waals surface area contributed by atoms with Crippen LogP contribution in [0.15, 0.2) is 33.9 Å². The molecule has 1 aromatic heterocycles. The van der Waals surface area contributed by atoms with Gasteiger partial charge in [-0.15, -0.1) is 10.2 Å². The molecule has 2 aliphatic heterocycles. The lowest BCUT2D eigenvalue weighted by molar-refractivity contribution is -0.130. The Hall–Kier alpha value is -2.22. The van der Waals surface area contributed by atoms with Crippen LogP contribution in [0, 0.1) is 11.8 Å². The molecule has 0 N–H and O–H groups in total. The Morgan fingerprint density at radius 3 is 2.70 bits per heavy atom. The highest BCUT2D eigenvalue weighted by Gasteiger charge is 2.28. The molecule has 4 rings (SSSR count). The Bertz CT molecular complexity index is 802.